The first-order valence-corrected chi connectivity index (χ1v) is 7.77. The van der Waals surface area contributed by atoms with Gasteiger partial charge in [-0.3, -0.25) is 19.2 Å². The maximum absolute atomic E-state index is 12.7. The Balaban J connectivity index is 0.00000288. The number of aryl methyl sites for hydroxylation is 1. The summed E-state index contributed by atoms with van der Waals surface area (Å²) in [6.45, 7) is 6.05. The third-order valence-corrected chi connectivity index (χ3v) is 4.58. The summed E-state index contributed by atoms with van der Waals surface area (Å²) in [4.78, 5) is 28.2. The van der Waals surface area contributed by atoms with Gasteiger partial charge in [-0.25, -0.2) is 0 Å². The summed E-state index contributed by atoms with van der Waals surface area (Å²) in [6, 6.07) is -0.403. The van der Waals surface area contributed by atoms with E-state index >= 15 is 0 Å². The van der Waals surface area contributed by atoms with Crippen LogP contribution < -0.4 is 11.1 Å². The van der Waals surface area contributed by atoms with Gasteiger partial charge in [0.2, 0.25) is 11.8 Å². The van der Waals surface area contributed by atoms with Crippen molar-refractivity contribution in [1.29, 1.82) is 0 Å². The van der Waals surface area contributed by atoms with Crippen LogP contribution in [0.2, 0.25) is 0 Å². The van der Waals surface area contributed by atoms with E-state index in [9.17, 15) is 9.59 Å². The molecule has 1 aromatic heterocycles. The molecule has 0 aromatic carbocycles. The Kier molecular flexibility index (Phi) is 8.87. The van der Waals surface area contributed by atoms with Crippen LogP contribution in [0.25, 0.3) is 0 Å². The molecule has 25 heavy (non-hydrogen) atoms. The first-order valence-electron chi connectivity index (χ1n) is 7.77. The molecule has 8 nitrogen and oxygen atoms in total. The monoisotopic (exact) mass is 394 g/mol. The number of nitrogens with two attached hydrogens (primary N) is 1. The number of hydrogen-bond donors (Lipinski definition) is 2. The SMILES string of the molecule is CNC(C(=O)N1CCN(C(C)(C)C(N)=O)CC1)c1cnn(C)c1.Cl.Cl. The van der Waals surface area contributed by atoms with Crippen LogP contribution in [-0.2, 0) is 16.6 Å². The third kappa shape index (κ3) is 5.07. The van der Waals surface area contributed by atoms with E-state index < -0.39 is 11.6 Å². The molecule has 1 atom stereocenters. The average Bonchev–Trinajstić information content (AvgIpc) is 2.94. The van der Waals surface area contributed by atoms with Gasteiger partial charge < -0.3 is 16.0 Å². The van der Waals surface area contributed by atoms with Crippen LogP contribution in [0.5, 0.6) is 0 Å². The third-order valence-electron chi connectivity index (χ3n) is 4.58. The molecule has 1 fully saturated rings. The largest absolute Gasteiger partial charge is 0.368 e. The number of rotatable bonds is 5. The number of likely N-dealkylation sites (N-methyl/N-ethyl adjacent to an activating group) is 1. The van der Waals surface area contributed by atoms with Crippen LogP contribution in [0.1, 0.15) is 25.5 Å². The predicted octanol–water partition coefficient (Wildman–Crippen LogP) is -0.0677. The molecule has 1 unspecified atom stereocenters. The van der Waals surface area contributed by atoms with Gasteiger partial charge in [-0.2, -0.15) is 5.10 Å². The van der Waals surface area contributed by atoms with E-state index in [1.165, 1.54) is 0 Å². The van der Waals surface area contributed by atoms with Crippen LogP contribution in [-0.4, -0.2) is 70.2 Å². The van der Waals surface area contributed by atoms with Gasteiger partial charge in [0, 0.05) is 45.0 Å². The predicted molar refractivity (Wildman–Crippen MR) is 101 cm³/mol. The lowest BCUT2D eigenvalue weighted by atomic mass is 10.0. The maximum atomic E-state index is 12.7. The molecule has 0 aliphatic carbocycles. The van der Waals surface area contributed by atoms with Gasteiger partial charge >= 0.3 is 0 Å². The fraction of sp³-hybridized carbons (Fsp3) is 0.667. The van der Waals surface area contributed by atoms with Gasteiger partial charge in [0.25, 0.3) is 0 Å². The van der Waals surface area contributed by atoms with Crippen LogP contribution in [0, 0.1) is 0 Å². The van der Waals surface area contributed by atoms with Crippen molar-refractivity contribution in [3.8, 4) is 0 Å². The van der Waals surface area contributed by atoms with Gasteiger partial charge in [0.05, 0.1) is 11.7 Å². The molecule has 0 bridgehead atoms. The van der Waals surface area contributed by atoms with Crippen molar-refractivity contribution in [2.45, 2.75) is 25.4 Å². The number of primary amides is 1. The van der Waals surface area contributed by atoms with Crippen LogP contribution in [0.4, 0.5) is 0 Å². The first-order chi connectivity index (χ1) is 10.8. The highest BCUT2D eigenvalue weighted by Gasteiger charge is 2.36. The molecule has 0 spiro atoms. The molecule has 3 N–H and O–H groups in total. The summed E-state index contributed by atoms with van der Waals surface area (Å²) in [5.41, 5.74) is 5.62. The second kappa shape index (κ2) is 9.38. The number of aromatic nitrogens is 2. The Labute approximate surface area is 160 Å². The molecule has 2 rings (SSSR count). The van der Waals surface area contributed by atoms with Gasteiger partial charge in [-0.1, -0.05) is 0 Å². The zero-order valence-corrected chi connectivity index (χ0v) is 16.7. The molecule has 2 amide bonds. The van der Waals surface area contributed by atoms with Crippen molar-refractivity contribution < 1.29 is 9.59 Å². The summed E-state index contributed by atoms with van der Waals surface area (Å²) < 4.78 is 1.68. The Bertz CT molecular complexity index is 584. The minimum atomic E-state index is -0.694. The Morgan fingerprint density at radius 2 is 1.80 bits per heavy atom. The molecule has 0 saturated carbocycles. The quantitative estimate of drug-likeness (QED) is 0.728. The lowest BCUT2D eigenvalue weighted by Crippen LogP contribution is -2.61. The van der Waals surface area contributed by atoms with E-state index in [0.29, 0.717) is 26.2 Å². The van der Waals surface area contributed by atoms with E-state index in [1.54, 1.807) is 17.9 Å². The average molecular weight is 395 g/mol. The standard InChI is InChI=1S/C15H26N6O2.2ClH/c1-15(2,14(16)23)21-7-5-20(6-8-21)13(22)12(17-3)11-9-18-19(4)10-11;;/h9-10,12,17H,5-8H2,1-4H3,(H2,16,23);2*1H. The highest BCUT2D eigenvalue weighted by Crippen LogP contribution is 2.20. The number of carbonyl (C=O) groups is 2. The second-order valence-corrected chi connectivity index (χ2v) is 6.40. The van der Waals surface area contributed by atoms with Gasteiger partial charge in [0.1, 0.15) is 6.04 Å². The van der Waals surface area contributed by atoms with Crippen molar-refractivity contribution >= 4 is 36.6 Å². The van der Waals surface area contributed by atoms with Crippen molar-refractivity contribution in [1.82, 2.24) is 24.9 Å². The number of nitrogens with one attached hydrogen (secondary N) is 1. The molecule has 1 aliphatic rings. The molecule has 10 heteroatoms. The zero-order valence-electron chi connectivity index (χ0n) is 15.1. The first kappa shape index (κ1) is 23.6. The summed E-state index contributed by atoms with van der Waals surface area (Å²) in [7, 11) is 3.59. The molecule has 144 valence electrons. The maximum Gasteiger partial charge on any atom is 0.244 e. The molecular formula is C15H28Cl2N6O2. The van der Waals surface area contributed by atoms with Gasteiger partial charge in [-0.05, 0) is 20.9 Å². The lowest BCUT2D eigenvalue weighted by molar-refractivity contribution is -0.138. The summed E-state index contributed by atoms with van der Waals surface area (Å²) in [5.74, 6) is -0.322. The Hall–Kier alpha value is -1.35. The molecule has 2 heterocycles. The molecular weight excluding hydrogens is 367 g/mol. The fourth-order valence-corrected chi connectivity index (χ4v) is 2.85. The number of amides is 2. The van der Waals surface area contributed by atoms with E-state index in [0.717, 1.165) is 5.56 Å². The summed E-state index contributed by atoms with van der Waals surface area (Å²) in [5, 5.41) is 7.18. The van der Waals surface area contributed by atoms with Crippen LogP contribution in [0.15, 0.2) is 12.4 Å². The topological polar surface area (TPSA) is 96.5 Å². The minimum absolute atomic E-state index is 0. The molecule has 1 aromatic rings. The van der Waals surface area contributed by atoms with E-state index in [-0.39, 0.29) is 36.6 Å². The van der Waals surface area contributed by atoms with E-state index in [4.69, 9.17) is 5.73 Å². The van der Waals surface area contributed by atoms with Crippen LogP contribution in [0.3, 0.4) is 0 Å². The van der Waals surface area contributed by atoms with E-state index in [1.807, 2.05) is 36.9 Å². The number of carbonyl (C=O) groups excluding carboxylic acids is 2. The van der Waals surface area contributed by atoms with Crippen molar-refractivity contribution in [2.24, 2.45) is 12.8 Å². The Morgan fingerprint density at radius 3 is 2.20 bits per heavy atom. The highest BCUT2D eigenvalue weighted by atomic mass is 35.5. The number of piperazine rings is 1. The number of hydrogen-bond acceptors (Lipinski definition) is 5. The smallest absolute Gasteiger partial charge is 0.244 e. The van der Waals surface area contributed by atoms with Gasteiger partial charge in [0.15, 0.2) is 0 Å². The molecule has 1 saturated heterocycles. The lowest BCUT2D eigenvalue weighted by Gasteiger charge is -2.42. The molecule has 1 aliphatic heterocycles. The summed E-state index contributed by atoms with van der Waals surface area (Å²) >= 11 is 0. The number of nitrogens with zero attached hydrogens (tertiary/aromatic N) is 4. The van der Waals surface area contributed by atoms with Crippen molar-refractivity contribution in [3.63, 3.8) is 0 Å². The minimum Gasteiger partial charge on any atom is -0.368 e. The molecule has 0 radical (unpaired) electrons. The van der Waals surface area contributed by atoms with Crippen molar-refractivity contribution in [2.75, 3.05) is 33.2 Å². The van der Waals surface area contributed by atoms with E-state index in [2.05, 4.69) is 10.4 Å². The van der Waals surface area contributed by atoms with Gasteiger partial charge in [-0.15, -0.1) is 24.8 Å². The fourth-order valence-electron chi connectivity index (χ4n) is 2.85. The van der Waals surface area contributed by atoms with Crippen molar-refractivity contribution in [3.05, 3.63) is 18.0 Å². The summed E-state index contributed by atoms with van der Waals surface area (Å²) in [6.07, 6.45) is 3.54. The normalized spacial score (nSPS) is 16.6. The second-order valence-electron chi connectivity index (χ2n) is 6.40. The van der Waals surface area contributed by atoms with Crippen LogP contribution >= 0.6 is 24.8 Å². The zero-order chi connectivity index (χ0) is 17.2. The Morgan fingerprint density at radius 1 is 1.24 bits per heavy atom. The highest BCUT2D eigenvalue weighted by molar-refractivity contribution is 5.86. The number of halogens is 2.